The molecule has 1 aromatic carbocycles. The molecule has 0 amide bonds. The van der Waals surface area contributed by atoms with Gasteiger partial charge in [-0.25, -0.2) is 13.6 Å². The van der Waals surface area contributed by atoms with Crippen molar-refractivity contribution in [1.82, 2.24) is 10.2 Å². The van der Waals surface area contributed by atoms with Gasteiger partial charge < -0.3 is 10.8 Å². The Morgan fingerprint density at radius 3 is 2.53 bits per heavy atom. The molecular formula is C10H7F2N3O2. The van der Waals surface area contributed by atoms with Crippen molar-refractivity contribution in [3.63, 3.8) is 0 Å². The van der Waals surface area contributed by atoms with Gasteiger partial charge in [0.2, 0.25) is 0 Å². The molecule has 0 saturated carbocycles. The summed E-state index contributed by atoms with van der Waals surface area (Å²) in [6, 6.07) is 2.72. The second-order valence-electron chi connectivity index (χ2n) is 3.32. The van der Waals surface area contributed by atoms with Crippen LogP contribution in [0.3, 0.4) is 0 Å². The Bertz CT molecular complexity index is 595. The lowest BCUT2D eigenvalue weighted by molar-refractivity contribution is 0.0691. The summed E-state index contributed by atoms with van der Waals surface area (Å²) in [5, 5.41) is 14.6. The summed E-state index contributed by atoms with van der Waals surface area (Å²) in [5.74, 6) is -3.30. The van der Waals surface area contributed by atoms with Gasteiger partial charge in [-0.05, 0) is 12.1 Å². The Hall–Kier alpha value is -2.44. The lowest BCUT2D eigenvalue weighted by Crippen LogP contribution is -2.02. The van der Waals surface area contributed by atoms with Crippen molar-refractivity contribution in [1.29, 1.82) is 0 Å². The first-order valence-electron chi connectivity index (χ1n) is 4.52. The number of aromatic carboxylic acids is 1. The number of H-pyrrole nitrogens is 1. The van der Waals surface area contributed by atoms with Crippen molar-refractivity contribution in [3.8, 4) is 11.3 Å². The van der Waals surface area contributed by atoms with Crippen LogP contribution in [0.25, 0.3) is 11.3 Å². The molecule has 0 radical (unpaired) electrons. The number of carboxylic acid groups (broad SMARTS) is 1. The summed E-state index contributed by atoms with van der Waals surface area (Å²) in [7, 11) is 0. The Morgan fingerprint density at radius 1 is 1.29 bits per heavy atom. The lowest BCUT2D eigenvalue weighted by atomic mass is 10.1. The maximum atomic E-state index is 13.6. The number of nitrogen functional groups attached to an aromatic ring is 1. The molecule has 7 heteroatoms. The van der Waals surface area contributed by atoms with E-state index in [1.54, 1.807) is 0 Å². The van der Waals surface area contributed by atoms with Crippen molar-refractivity contribution < 1.29 is 18.7 Å². The SMILES string of the molecule is Nc1cc(-c2cc(F)c(C(=O)O)cc2F)[nH]n1. The van der Waals surface area contributed by atoms with E-state index < -0.39 is 23.2 Å². The topological polar surface area (TPSA) is 92.0 Å². The molecule has 2 rings (SSSR count). The standard InChI is InChI=1S/C10H7F2N3O2/c11-6-2-5(10(16)17)7(12)1-4(6)8-3-9(13)15-14-8/h1-3H,(H,16,17)(H3,13,14,15). The van der Waals surface area contributed by atoms with Gasteiger partial charge >= 0.3 is 5.97 Å². The number of aromatic nitrogens is 2. The van der Waals surface area contributed by atoms with Crippen molar-refractivity contribution in [2.45, 2.75) is 0 Å². The normalized spacial score (nSPS) is 10.5. The third-order valence-electron chi connectivity index (χ3n) is 2.17. The summed E-state index contributed by atoms with van der Waals surface area (Å²) < 4.78 is 26.9. The van der Waals surface area contributed by atoms with E-state index in [0.717, 1.165) is 6.07 Å². The molecular weight excluding hydrogens is 232 g/mol. The predicted octanol–water partition coefficient (Wildman–Crippen LogP) is 1.64. The Kier molecular flexibility index (Phi) is 2.51. The van der Waals surface area contributed by atoms with E-state index in [9.17, 15) is 13.6 Å². The maximum Gasteiger partial charge on any atom is 0.338 e. The number of nitrogens with zero attached hydrogens (tertiary/aromatic N) is 1. The number of hydrogen-bond donors (Lipinski definition) is 3. The van der Waals surface area contributed by atoms with Crippen LogP contribution in [0.1, 0.15) is 10.4 Å². The Balaban J connectivity index is 2.57. The average Bonchev–Trinajstić information content (AvgIpc) is 2.67. The third-order valence-corrected chi connectivity index (χ3v) is 2.17. The molecule has 0 aliphatic carbocycles. The lowest BCUT2D eigenvalue weighted by Gasteiger charge is -2.03. The minimum atomic E-state index is -1.53. The molecule has 1 aromatic heterocycles. The number of carbonyl (C=O) groups is 1. The van der Waals surface area contributed by atoms with Crippen molar-refractivity contribution in [2.24, 2.45) is 0 Å². The molecule has 0 bridgehead atoms. The van der Waals surface area contributed by atoms with Crippen LogP contribution in [-0.4, -0.2) is 21.3 Å². The highest BCUT2D eigenvalue weighted by atomic mass is 19.1. The first kappa shape index (κ1) is 11.1. The van der Waals surface area contributed by atoms with Crippen molar-refractivity contribution >= 4 is 11.8 Å². The fraction of sp³-hybridized carbons (Fsp3) is 0. The van der Waals surface area contributed by atoms with Gasteiger partial charge in [-0.15, -0.1) is 0 Å². The molecule has 0 aliphatic heterocycles. The van der Waals surface area contributed by atoms with Crippen LogP contribution in [0, 0.1) is 11.6 Å². The number of nitrogens with one attached hydrogen (secondary N) is 1. The highest BCUT2D eigenvalue weighted by Crippen LogP contribution is 2.25. The monoisotopic (exact) mass is 239 g/mol. The number of aromatic amines is 1. The average molecular weight is 239 g/mol. The van der Waals surface area contributed by atoms with Gasteiger partial charge in [0.15, 0.2) is 0 Å². The van der Waals surface area contributed by atoms with Crippen LogP contribution >= 0.6 is 0 Å². The second-order valence-corrected chi connectivity index (χ2v) is 3.32. The van der Waals surface area contributed by atoms with E-state index in [2.05, 4.69) is 10.2 Å². The number of benzene rings is 1. The first-order chi connectivity index (χ1) is 7.99. The first-order valence-corrected chi connectivity index (χ1v) is 4.52. The molecule has 17 heavy (non-hydrogen) atoms. The summed E-state index contributed by atoms with van der Waals surface area (Å²) in [4.78, 5) is 10.6. The Labute approximate surface area is 93.9 Å². The smallest absolute Gasteiger partial charge is 0.338 e. The fourth-order valence-corrected chi connectivity index (χ4v) is 1.39. The number of nitrogens with two attached hydrogens (primary N) is 1. The fourth-order valence-electron chi connectivity index (χ4n) is 1.39. The number of anilines is 1. The van der Waals surface area contributed by atoms with Crippen molar-refractivity contribution in [3.05, 3.63) is 35.4 Å². The van der Waals surface area contributed by atoms with Crippen LogP contribution in [0.15, 0.2) is 18.2 Å². The van der Waals surface area contributed by atoms with Gasteiger partial charge in [0.25, 0.3) is 0 Å². The van der Waals surface area contributed by atoms with E-state index in [0.29, 0.717) is 6.07 Å². The van der Waals surface area contributed by atoms with Crippen LogP contribution in [0.5, 0.6) is 0 Å². The molecule has 88 valence electrons. The maximum absolute atomic E-state index is 13.6. The van der Waals surface area contributed by atoms with E-state index >= 15 is 0 Å². The minimum Gasteiger partial charge on any atom is -0.478 e. The highest BCUT2D eigenvalue weighted by molar-refractivity contribution is 5.88. The van der Waals surface area contributed by atoms with Gasteiger partial charge in [0.1, 0.15) is 17.5 Å². The number of halogens is 2. The second kappa shape index (κ2) is 3.85. The van der Waals surface area contributed by atoms with E-state index in [-0.39, 0.29) is 17.1 Å². The van der Waals surface area contributed by atoms with Gasteiger partial charge in [-0.3, -0.25) is 5.10 Å². The van der Waals surface area contributed by atoms with Gasteiger partial charge in [0.05, 0.1) is 11.3 Å². The number of hydrogen-bond acceptors (Lipinski definition) is 3. The number of rotatable bonds is 2. The van der Waals surface area contributed by atoms with E-state index in [1.807, 2.05) is 0 Å². The molecule has 5 nitrogen and oxygen atoms in total. The van der Waals surface area contributed by atoms with E-state index in [1.165, 1.54) is 6.07 Å². The largest absolute Gasteiger partial charge is 0.478 e. The molecule has 0 atom stereocenters. The molecule has 0 spiro atoms. The highest BCUT2D eigenvalue weighted by Gasteiger charge is 2.17. The zero-order chi connectivity index (χ0) is 12.6. The molecule has 0 aliphatic rings. The van der Waals surface area contributed by atoms with Crippen molar-refractivity contribution in [2.75, 3.05) is 5.73 Å². The summed E-state index contributed by atoms with van der Waals surface area (Å²) in [6.07, 6.45) is 0. The van der Waals surface area contributed by atoms with E-state index in [4.69, 9.17) is 10.8 Å². The van der Waals surface area contributed by atoms with Crippen LogP contribution in [-0.2, 0) is 0 Å². The van der Waals surface area contributed by atoms with Crippen LogP contribution in [0.4, 0.5) is 14.6 Å². The van der Waals surface area contributed by atoms with Gasteiger partial charge in [0, 0.05) is 11.6 Å². The summed E-state index contributed by atoms with van der Waals surface area (Å²) in [6.45, 7) is 0. The van der Waals surface area contributed by atoms with Crippen LogP contribution < -0.4 is 5.73 Å². The molecule has 0 unspecified atom stereocenters. The molecule has 2 aromatic rings. The molecule has 4 N–H and O–H groups in total. The third kappa shape index (κ3) is 1.94. The number of carboxylic acids is 1. The zero-order valence-electron chi connectivity index (χ0n) is 8.37. The van der Waals surface area contributed by atoms with Gasteiger partial charge in [-0.1, -0.05) is 0 Å². The van der Waals surface area contributed by atoms with Crippen LogP contribution in [0.2, 0.25) is 0 Å². The molecule has 0 saturated heterocycles. The predicted molar refractivity (Wildman–Crippen MR) is 55.3 cm³/mol. The molecule has 1 heterocycles. The summed E-state index contributed by atoms with van der Waals surface area (Å²) >= 11 is 0. The van der Waals surface area contributed by atoms with Gasteiger partial charge in [-0.2, -0.15) is 5.10 Å². The summed E-state index contributed by atoms with van der Waals surface area (Å²) in [5.41, 5.74) is 4.65. The zero-order valence-corrected chi connectivity index (χ0v) is 8.37. The molecule has 0 fully saturated rings. The Morgan fingerprint density at radius 2 is 2.00 bits per heavy atom. The minimum absolute atomic E-state index is 0.127. The quantitative estimate of drug-likeness (QED) is 0.742.